The van der Waals surface area contributed by atoms with Gasteiger partial charge in [0.25, 0.3) is 0 Å². The second-order valence-electron chi connectivity index (χ2n) is 6.41. The number of piperidine rings is 1. The van der Waals surface area contributed by atoms with Crippen LogP contribution in [0.3, 0.4) is 0 Å². The number of carbonyl (C=O) groups is 1. The molecule has 5 nitrogen and oxygen atoms in total. The fourth-order valence-electron chi connectivity index (χ4n) is 3.61. The Labute approximate surface area is 131 Å². The standard InChI is InChI=1S/C16H22N2O3S/c17-22(20,21)14-8-4-11-18(12-14)15(19)16(9-5-10-16)13-6-2-1-3-7-13/h1-3,6-7,14H,4-5,8-12H2,(H2,17,20,21). The third-order valence-electron chi connectivity index (χ3n) is 5.07. The van der Waals surface area contributed by atoms with Crippen LogP contribution in [0.1, 0.15) is 37.7 Å². The van der Waals surface area contributed by atoms with Crippen molar-refractivity contribution in [2.75, 3.05) is 13.1 Å². The Balaban J connectivity index is 1.83. The maximum absolute atomic E-state index is 13.1. The maximum atomic E-state index is 13.1. The lowest BCUT2D eigenvalue weighted by Gasteiger charge is -2.45. The van der Waals surface area contributed by atoms with Gasteiger partial charge >= 0.3 is 0 Å². The summed E-state index contributed by atoms with van der Waals surface area (Å²) in [7, 11) is -3.59. The third kappa shape index (κ3) is 2.65. The van der Waals surface area contributed by atoms with E-state index in [4.69, 9.17) is 5.14 Å². The molecule has 1 aliphatic heterocycles. The predicted molar refractivity (Wildman–Crippen MR) is 84.7 cm³/mol. The summed E-state index contributed by atoms with van der Waals surface area (Å²) in [6, 6.07) is 9.84. The largest absolute Gasteiger partial charge is 0.341 e. The number of likely N-dealkylation sites (tertiary alicyclic amines) is 1. The topological polar surface area (TPSA) is 80.5 Å². The fraction of sp³-hybridized carbons (Fsp3) is 0.562. The summed E-state index contributed by atoms with van der Waals surface area (Å²) in [5.74, 6) is 0.0679. The van der Waals surface area contributed by atoms with Crippen molar-refractivity contribution in [3.63, 3.8) is 0 Å². The van der Waals surface area contributed by atoms with Crippen LogP contribution in [0.5, 0.6) is 0 Å². The van der Waals surface area contributed by atoms with E-state index in [1.165, 1.54) is 0 Å². The zero-order valence-corrected chi connectivity index (χ0v) is 13.4. The van der Waals surface area contributed by atoms with Gasteiger partial charge in [-0.3, -0.25) is 4.79 Å². The highest BCUT2D eigenvalue weighted by atomic mass is 32.2. The molecule has 0 radical (unpaired) electrons. The molecule has 1 saturated heterocycles. The quantitative estimate of drug-likeness (QED) is 0.913. The molecule has 6 heteroatoms. The molecule has 22 heavy (non-hydrogen) atoms. The van der Waals surface area contributed by atoms with Crippen molar-refractivity contribution in [3.05, 3.63) is 35.9 Å². The Morgan fingerprint density at radius 2 is 1.86 bits per heavy atom. The second-order valence-corrected chi connectivity index (χ2v) is 8.25. The minimum atomic E-state index is -3.59. The van der Waals surface area contributed by atoms with Crippen molar-refractivity contribution in [3.8, 4) is 0 Å². The van der Waals surface area contributed by atoms with Gasteiger partial charge in [-0.05, 0) is 31.2 Å². The van der Waals surface area contributed by atoms with E-state index in [1.54, 1.807) is 4.90 Å². The van der Waals surface area contributed by atoms with Gasteiger partial charge in [0.1, 0.15) is 0 Å². The van der Waals surface area contributed by atoms with Gasteiger partial charge in [0.2, 0.25) is 15.9 Å². The molecule has 0 bridgehead atoms. The number of amides is 1. The normalized spacial score (nSPS) is 24.6. The zero-order chi connectivity index (χ0) is 15.8. The Bertz CT molecular complexity index is 653. The number of nitrogens with two attached hydrogens (primary N) is 1. The average molecular weight is 322 g/mol. The molecule has 0 spiro atoms. The van der Waals surface area contributed by atoms with E-state index in [1.807, 2.05) is 30.3 Å². The molecule has 1 amide bonds. The summed E-state index contributed by atoms with van der Waals surface area (Å²) in [4.78, 5) is 14.8. The predicted octanol–water partition coefficient (Wildman–Crippen LogP) is 1.39. The molecule has 2 N–H and O–H groups in total. The van der Waals surface area contributed by atoms with Crippen molar-refractivity contribution in [1.82, 2.24) is 4.90 Å². The monoisotopic (exact) mass is 322 g/mol. The molecule has 1 aromatic rings. The lowest BCUT2D eigenvalue weighted by molar-refractivity contribution is -0.141. The molecule has 1 unspecified atom stereocenters. The van der Waals surface area contributed by atoms with Crippen molar-refractivity contribution < 1.29 is 13.2 Å². The molecule has 2 aliphatic rings. The van der Waals surface area contributed by atoms with Crippen LogP contribution in [0.15, 0.2) is 30.3 Å². The van der Waals surface area contributed by atoms with Gasteiger partial charge in [-0.25, -0.2) is 13.6 Å². The summed E-state index contributed by atoms with van der Waals surface area (Å²) >= 11 is 0. The molecule has 0 aromatic heterocycles. The molecule has 1 heterocycles. The molecule has 120 valence electrons. The molecular weight excluding hydrogens is 300 g/mol. The first-order chi connectivity index (χ1) is 10.4. The highest BCUT2D eigenvalue weighted by molar-refractivity contribution is 7.89. The lowest BCUT2D eigenvalue weighted by atomic mass is 9.63. The molecule has 1 saturated carbocycles. The van der Waals surface area contributed by atoms with E-state index >= 15 is 0 Å². The summed E-state index contributed by atoms with van der Waals surface area (Å²) in [6.07, 6.45) is 3.95. The second kappa shape index (κ2) is 5.66. The van der Waals surface area contributed by atoms with E-state index in [0.717, 1.165) is 24.8 Å². The van der Waals surface area contributed by atoms with E-state index in [-0.39, 0.29) is 12.5 Å². The Morgan fingerprint density at radius 3 is 2.41 bits per heavy atom. The van der Waals surface area contributed by atoms with Crippen LogP contribution in [0.4, 0.5) is 0 Å². The molecule has 1 aliphatic carbocycles. The number of rotatable bonds is 3. The van der Waals surface area contributed by atoms with Crippen LogP contribution in [0, 0.1) is 0 Å². The van der Waals surface area contributed by atoms with Crippen LogP contribution in [0.25, 0.3) is 0 Å². The third-order valence-corrected chi connectivity index (χ3v) is 6.39. The van der Waals surface area contributed by atoms with Crippen molar-refractivity contribution in [1.29, 1.82) is 0 Å². The summed E-state index contributed by atoms with van der Waals surface area (Å²) in [6.45, 7) is 0.853. The Kier molecular flexibility index (Phi) is 3.99. The number of benzene rings is 1. The van der Waals surface area contributed by atoms with Crippen molar-refractivity contribution >= 4 is 15.9 Å². The van der Waals surface area contributed by atoms with Gasteiger partial charge in [0.05, 0.1) is 10.7 Å². The van der Waals surface area contributed by atoms with Crippen molar-refractivity contribution in [2.24, 2.45) is 5.14 Å². The number of sulfonamides is 1. The lowest BCUT2D eigenvalue weighted by Crippen LogP contribution is -2.55. The van der Waals surface area contributed by atoms with Gasteiger partial charge in [-0.1, -0.05) is 36.8 Å². The SMILES string of the molecule is NS(=O)(=O)C1CCCN(C(=O)C2(c3ccccc3)CCC2)C1. The highest BCUT2D eigenvalue weighted by Gasteiger charge is 2.48. The number of hydrogen-bond donors (Lipinski definition) is 1. The van der Waals surface area contributed by atoms with Crippen molar-refractivity contribution in [2.45, 2.75) is 42.8 Å². The number of nitrogens with zero attached hydrogens (tertiary/aromatic N) is 1. The first kappa shape index (κ1) is 15.5. The number of primary sulfonamides is 1. The minimum absolute atomic E-state index is 0.0679. The highest BCUT2D eigenvalue weighted by Crippen LogP contribution is 2.45. The fourth-order valence-corrected chi connectivity index (χ4v) is 4.49. The summed E-state index contributed by atoms with van der Waals surface area (Å²) < 4.78 is 23.2. The van der Waals surface area contributed by atoms with Gasteiger partial charge in [-0.2, -0.15) is 0 Å². The van der Waals surface area contributed by atoms with E-state index < -0.39 is 20.7 Å². The van der Waals surface area contributed by atoms with Crippen LogP contribution in [-0.4, -0.2) is 37.6 Å². The maximum Gasteiger partial charge on any atom is 0.233 e. The van der Waals surface area contributed by atoms with Crippen LogP contribution in [0.2, 0.25) is 0 Å². The average Bonchev–Trinajstić information content (AvgIpc) is 2.46. The van der Waals surface area contributed by atoms with Gasteiger partial charge < -0.3 is 4.90 Å². The molecule has 3 rings (SSSR count). The van der Waals surface area contributed by atoms with E-state index in [9.17, 15) is 13.2 Å². The smallest absolute Gasteiger partial charge is 0.233 e. The van der Waals surface area contributed by atoms with E-state index in [2.05, 4.69) is 0 Å². The number of hydrogen-bond acceptors (Lipinski definition) is 3. The molecule has 1 atom stereocenters. The summed E-state index contributed by atoms with van der Waals surface area (Å²) in [5, 5.41) is 4.65. The first-order valence-corrected chi connectivity index (χ1v) is 9.41. The molecule has 2 fully saturated rings. The van der Waals surface area contributed by atoms with E-state index in [0.29, 0.717) is 19.4 Å². The molecule has 1 aromatic carbocycles. The Hall–Kier alpha value is -1.40. The van der Waals surface area contributed by atoms with Gasteiger partial charge in [-0.15, -0.1) is 0 Å². The molecular formula is C16H22N2O3S. The first-order valence-electron chi connectivity index (χ1n) is 7.80. The summed E-state index contributed by atoms with van der Waals surface area (Å²) in [5.41, 5.74) is 0.589. The van der Waals surface area contributed by atoms with Gasteiger partial charge in [0.15, 0.2) is 0 Å². The zero-order valence-electron chi connectivity index (χ0n) is 12.6. The van der Waals surface area contributed by atoms with Crippen LogP contribution >= 0.6 is 0 Å². The van der Waals surface area contributed by atoms with Gasteiger partial charge in [0, 0.05) is 13.1 Å². The van der Waals surface area contributed by atoms with Crippen LogP contribution in [-0.2, 0) is 20.2 Å². The van der Waals surface area contributed by atoms with Crippen LogP contribution < -0.4 is 5.14 Å². The Morgan fingerprint density at radius 1 is 1.18 bits per heavy atom. The number of carbonyl (C=O) groups excluding carboxylic acids is 1. The minimum Gasteiger partial charge on any atom is -0.341 e.